The normalized spacial score (nSPS) is 12.9. The van der Waals surface area contributed by atoms with E-state index in [1.165, 1.54) is 11.3 Å². The van der Waals surface area contributed by atoms with Gasteiger partial charge in [0.05, 0.1) is 11.6 Å². The summed E-state index contributed by atoms with van der Waals surface area (Å²) in [6, 6.07) is 6.84. The van der Waals surface area contributed by atoms with E-state index in [1.54, 1.807) is 6.07 Å². The van der Waals surface area contributed by atoms with Crippen LogP contribution in [0.15, 0.2) is 40.2 Å². The van der Waals surface area contributed by atoms with Gasteiger partial charge in [-0.05, 0) is 35.2 Å². The Balaban J connectivity index is 0.00000180. The van der Waals surface area contributed by atoms with E-state index in [4.69, 9.17) is 5.73 Å². The summed E-state index contributed by atoms with van der Waals surface area (Å²) in [6.07, 6.45) is -4.37. The first-order valence-corrected chi connectivity index (χ1v) is 6.72. The Hall–Kier alpha value is -0.560. The highest BCUT2D eigenvalue weighted by molar-refractivity contribution is 9.10. The highest BCUT2D eigenvalue weighted by Crippen LogP contribution is 2.34. The van der Waals surface area contributed by atoms with E-state index in [2.05, 4.69) is 15.9 Å². The van der Waals surface area contributed by atoms with Crippen LogP contribution >= 0.6 is 39.7 Å². The van der Waals surface area contributed by atoms with Crippen molar-refractivity contribution >= 4 is 39.7 Å². The minimum absolute atomic E-state index is 0. The third-order valence-corrected chi connectivity index (χ3v) is 3.87. The molecule has 1 aromatic carbocycles. The van der Waals surface area contributed by atoms with E-state index >= 15 is 0 Å². The lowest BCUT2D eigenvalue weighted by atomic mass is 10.0. The second-order valence-electron chi connectivity index (χ2n) is 3.76. The van der Waals surface area contributed by atoms with Crippen molar-refractivity contribution in [2.24, 2.45) is 5.73 Å². The summed E-state index contributed by atoms with van der Waals surface area (Å²) in [5.41, 5.74) is 5.71. The molecule has 0 bridgehead atoms. The lowest BCUT2D eigenvalue weighted by molar-refractivity contribution is -0.137. The van der Waals surface area contributed by atoms with Crippen molar-refractivity contribution in [2.45, 2.75) is 12.2 Å². The molecular weight excluding hydrogens is 363 g/mol. The zero-order chi connectivity index (χ0) is 13.3. The van der Waals surface area contributed by atoms with Crippen LogP contribution in [0.3, 0.4) is 0 Å². The molecule has 1 aromatic heterocycles. The summed E-state index contributed by atoms with van der Waals surface area (Å²) in [4.78, 5) is 0.834. The number of hydrogen-bond acceptors (Lipinski definition) is 2. The molecule has 2 rings (SSSR count). The molecule has 0 unspecified atom stereocenters. The second kappa shape index (κ2) is 6.26. The van der Waals surface area contributed by atoms with Gasteiger partial charge in [-0.3, -0.25) is 0 Å². The zero-order valence-electron chi connectivity index (χ0n) is 9.45. The van der Waals surface area contributed by atoms with Gasteiger partial charge in [-0.25, -0.2) is 0 Å². The largest absolute Gasteiger partial charge is 0.416 e. The fourth-order valence-electron chi connectivity index (χ4n) is 1.59. The average Bonchev–Trinajstić information content (AvgIpc) is 2.79. The Bertz CT molecular complexity index is 542. The first kappa shape index (κ1) is 16.5. The standard InChI is InChI=1S/C12H9BrF3NS.ClH/c13-9-5-7(4-8(6-9)12(14,15)16)11(17)10-2-1-3-18-10;/h1-6,11H,17H2;1H/t11-;/m0./s1. The lowest BCUT2D eigenvalue weighted by Crippen LogP contribution is -2.13. The molecule has 0 aliphatic heterocycles. The van der Waals surface area contributed by atoms with Crippen LogP contribution in [-0.4, -0.2) is 0 Å². The van der Waals surface area contributed by atoms with E-state index in [0.29, 0.717) is 10.0 Å². The molecule has 0 aliphatic rings. The quantitative estimate of drug-likeness (QED) is 0.789. The fraction of sp³-hybridized carbons (Fsp3) is 0.167. The van der Waals surface area contributed by atoms with E-state index in [1.807, 2.05) is 17.5 Å². The van der Waals surface area contributed by atoms with Gasteiger partial charge in [0.1, 0.15) is 0 Å². The van der Waals surface area contributed by atoms with E-state index < -0.39 is 17.8 Å². The van der Waals surface area contributed by atoms with E-state index in [-0.39, 0.29) is 12.4 Å². The first-order valence-electron chi connectivity index (χ1n) is 5.04. The fourth-order valence-corrected chi connectivity index (χ4v) is 2.85. The molecule has 1 atom stereocenters. The summed E-state index contributed by atoms with van der Waals surface area (Å²) in [7, 11) is 0. The molecule has 0 fully saturated rings. The van der Waals surface area contributed by atoms with Crippen LogP contribution in [0.2, 0.25) is 0 Å². The van der Waals surface area contributed by atoms with Crippen LogP contribution in [0.1, 0.15) is 22.0 Å². The van der Waals surface area contributed by atoms with Crippen molar-refractivity contribution < 1.29 is 13.2 Å². The van der Waals surface area contributed by atoms with Crippen LogP contribution in [-0.2, 0) is 6.18 Å². The molecule has 104 valence electrons. The molecule has 0 saturated heterocycles. The van der Waals surface area contributed by atoms with Gasteiger partial charge in [-0.1, -0.05) is 22.0 Å². The van der Waals surface area contributed by atoms with Gasteiger partial charge >= 0.3 is 6.18 Å². The summed E-state index contributed by atoms with van der Waals surface area (Å²) in [5.74, 6) is 0. The van der Waals surface area contributed by atoms with Crippen molar-refractivity contribution in [2.75, 3.05) is 0 Å². The molecule has 2 N–H and O–H groups in total. The van der Waals surface area contributed by atoms with Crippen LogP contribution < -0.4 is 5.73 Å². The molecule has 0 saturated carbocycles. The van der Waals surface area contributed by atoms with Gasteiger partial charge in [-0.2, -0.15) is 13.2 Å². The lowest BCUT2D eigenvalue weighted by Gasteiger charge is -2.14. The Morgan fingerprint density at radius 1 is 1.21 bits per heavy atom. The van der Waals surface area contributed by atoms with Crippen LogP contribution in [0, 0.1) is 0 Å². The molecule has 1 nitrogen and oxygen atoms in total. The SMILES string of the molecule is Cl.N[C@@H](c1cc(Br)cc(C(F)(F)F)c1)c1cccs1. The second-order valence-corrected chi connectivity index (χ2v) is 5.66. The zero-order valence-corrected chi connectivity index (χ0v) is 12.7. The third-order valence-electron chi connectivity index (χ3n) is 2.46. The number of thiophene rings is 1. The summed E-state index contributed by atoms with van der Waals surface area (Å²) in [5, 5.41) is 1.85. The van der Waals surface area contributed by atoms with Crippen LogP contribution in [0.4, 0.5) is 13.2 Å². The minimum atomic E-state index is -4.37. The smallest absolute Gasteiger partial charge is 0.320 e. The number of hydrogen-bond donors (Lipinski definition) is 1. The molecule has 0 radical (unpaired) electrons. The maximum Gasteiger partial charge on any atom is 0.416 e. The van der Waals surface area contributed by atoms with Crippen molar-refractivity contribution in [3.63, 3.8) is 0 Å². The molecular formula is C12H10BrClF3NS. The van der Waals surface area contributed by atoms with Crippen LogP contribution in [0.25, 0.3) is 0 Å². The predicted octanol–water partition coefficient (Wildman–Crippen LogP) is 5.00. The van der Waals surface area contributed by atoms with Gasteiger partial charge in [0.15, 0.2) is 0 Å². The number of nitrogens with two attached hydrogens (primary N) is 1. The van der Waals surface area contributed by atoms with Crippen molar-refractivity contribution in [1.82, 2.24) is 0 Å². The van der Waals surface area contributed by atoms with Crippen molar-refractivity contribution in [3.05, 3.63) is 56.2 Å². The minimum Gasteiger partial charge on any atom is -0.320 e. The number of rotatable bonds is 2. The highest BCUT2D eigenvalue weighted by Gasteiger charge is 2.31. The van der Waals surface area contributed by atoms with E-state index in [9.17, 15) is 13.2 Å². The van der Waals surface area contributed by atoms with E-state index in [0.717, 1.165) is 17.0 Å². The number of halogens is 5. The van der Waals surface area contributed by atoms with Gasteiger partial charge in [-0.15, -0.1) is 23.7 Å². The monoisotopic (exact) mass is 371 g/mol. The molecule has 0 spiro atoms. The van der Waals surface area contributed by atoms with Gasteiger partial charge in [0.25, 0.3) is 0 Å². The average molecular weight is 373 g/mol. The van der Waals surface area contributed by atoms with Crippen molar-refractivity contribution in [3.8, 4) is 0 Å². The molecule has 2 aromatic rings. The van der Waals surface area contributed by atoms with Crippen LogP contribution in [0.5, 0.6) is 0 Å². The van der Waals surface area contributed by atoms with Gasteiger partial charge in [0.2, 0.25) is 0 Å². The Morgan fingerprint density at radius 2 is 1.89 bits per heavy atom. The maximum atomic E-state index is 12.7. The molecule has 0 amide bonds. The number of benzene rings is 1. The maximum absolute atomic E-state index is 12.7. The molecule has 7 heteroatoms. The predicted molar refractivity (Wildman–Crippen MR) is 76.7 cm³/mol. The van der Waals surface area contributed by atoms with Gasteiger partial charge < -0.3 is 5.73 Å². The summed E-state index contributed by atoms with van der Waals surface area (Å²) >= 11 is 4.51. The molecule has 1 heterocycles. The Morgan fingerprint density at radius 3 is 2.42 bits per heavy atom. The first-order chi connectivity index (χ1) is 8.38. The highest BCUT2D eigenvalue weighted by atomic mass is 79.9. The van der Waals surface area contributed by atoms with Gasteiger partial charge in [0, 0.05) is 9.35 Å². The molecule has 0 aliphatic carbocycles. The summed E-state index contributed by atoms with van der Waals surface area (Å²) in [6.45, 7) is 0. The summed E-state index contributed by atoms with van der Waals surface area (Å²) < 4.78 is 38.5. The Kier molecular flexibility index (Phi) is 5.43. The number of alkyl halides is 3. The van der Waals surface area contributed by atoms with Crippen molar-refractivity contribution in [1.29, 1.82) is 0 Å². The molecule has 19 heavy (non-hydrogen) atoms. The Labute approximate surface area is 127 Å². The third kappa shape index (κ3) is 3.95. The topological polar surface area (TPSA) is 26.0 Å².